The third-order valence-electron chi connectivity index (χ3n) is 7.62. The van der Waals surface area contributed by atoms with Crippen molar-refractivity contribution in [2.75, 3.05) is 18.4 Å². The molecular weight excluding hydrogens is 515 g/mol. The monoisotopic (exact) mass is 545 g/mol. The summed E-state index contributed by atoms with van der Waals surface area (Å²) in [4.78, 5) is 30.7. The summed E-state index contributed by atoms with van der Waals surface area (Å²) in [5.74, 6) is -7.19. The van der Waals surface area contributed by atoms with Crippen molar-refractivity contribution < 1.29 is 37.0 Å². The number of hydrogen-bond acceptors (Lipinski definition) is 7. The van der Waals surface area contributed by atoms with Crippen LogP contribution in [0.2, 0.25) is 0 Å². The SMILES string of the molecule is Cc1c(F)cccc1Nc1nc2ccc(CC(=O)C(F)(OC3CCCCC3C(=O)O)N3CCCC3)c(F)c2o1. The molecular formula is C28H30F3N3O5. The van der Waals surface area contributed by atoms with E-state index in [0.29, 0.717) is 49.8 Å². The topological polar surface area (TPSA) is 105 Å². The van der Waals surface area contributed by atoms with E-state index in [0.717, 1.165) is 0 Å². The molecule has 1 saturated carbocycles. The van der Waals surface area contributed by atoms with Crippen LogP contribution >= 0.6 is 0 Å². The highest BCUT2D eigenvalue weighted by Crippen LogP contribution is 2.36. The Morgan fingerprint density at radius 1 is 1.15 bits per heavy atom. The van der Waals surface area contributed by atoms with Crippen molar-refractivity contribution in [2.45, 2.75) is 64.0 Å². The van der Waals surface area contributed by atoms with Gasteiger partial charge in [0.2, 0.25) is 5.78 Å². The number of carboxylic acids is 1. The van der Waals surface area contributed by atoms with Crippen LogP contribution in [0.1, 0.15) is 49.7 Å². The van der Waals surface area contributed by atoms with E-state index in [1.54, 1.807) is 13.0 Å². The fourth-order valence-corrected chi connectivity index (χ4v) is 5.37. The third kappa shape index (κ3) is 5.38. The maximum Gasteiger partial charge on any atom is 0.330 e. The van der Waals surface area contributed by atoms with E-state index in [2.05, 4.69) is 10.3 Å². The minimum Gasteiger partial charge on any atom is -0.481 e. The molecule has 1 saturated heterocycles. The molecule has 5 rings (SSSR count). The predicted molar refractivity (Wildman–Crippen MR) is 136 cm³/mol. The molecule has 3 aromatic rings. The Balaban J connectivity index is 1.40. The third-order valence-corrected chi connectivity index (χ3v) is 7.62. The highest BCUT2D eigenvalue weighted by molar-refractivity contribution is 5.88. The van der Waals surface area contributed by atoms with Crippen LogP contribution in [-0.2, 0) is 20.7 Å². The van der Waals surface area contributed by atoms with Gasteiger partial charge in [0.15, 0.2) is 11.4 Å². The van der Waals surface area contributed by atoms with E-state index in [9.17, 15) is 19.1 Å². The van der Waals surface area contributed by atoms with Crippen LogP contribution in [0.4, 0.5) is 24.9 Å². The predicted octanol–water partition coefficient (Wildman–Crippen LogP) is 5.65. The van der Waals surface area contributed by atoms with Crippen LogP contribution in [-0.4, -0.2) is 51.9 Å². The Hall–Kier alpha value is -3.44. The molecule has 11 heteroatoms. The number of likely N-dealkylation sites (tertiary alicyclic amines) is 1. The first-order valence-electron chi connectivity index (χ1n) is 13.2. The second kappa shape index (κ2) is 11.0. The van der Waals surface area contributed by atoms with E-state index in [1.165, 1.54) is 29.2 Å². The summed E-state index contributed by atoms with van der Waals surface area (Å²) in [6.07, 6.45) is 1.74. The number of Topliss-reactive ketones (excluding diaryl/α,β-unsaturated/α-hetero) is 1. The lowest BCUT2D eigenvalue weighted by atomic mass is 9.86. The number of benzene rings is 2. The van der Waals surface area contributed by atoms with Gasteiger partial charge < -0.3 is 19.6 Å². The number of aromatic nitrogens is 1. The zero-order chi connectivity index (χ0) is 27.7. The summed E-state index contributed by atoms with van der Waals surface area (Å²) in [5, 5.41) is 12.4. The van der Waals surface area contributed by atoms with Gasteiger partial charge in [0.25, 0.3) is 6.01 Å². The number of aliphatic carboxylic acids is 1. The fourth-order valence-electron chi connectivity index (χ4n) is 5.37. The summed E-state index contributed by atoms with van der Waals surface area (Å²) in [6, 6.07) is 7.15. The number of alkyl halides is 1. The number of hydrogen-bond donors (Lipinski definition) is 2. The van der Waals surface area contributed by atoms with Crippen molar-refractivity contribution in [3.05, 3.63) is 53.1 Å². The minimum atomic E-state index is -2.88. The molecule has 8 nitrogen and oxygen atoms in total. The molecule has 1 aliphatic carbocycles. The van der Waals surface area contributed by atoms with Gasteiger partial charge in [-0.15, -0.1) is 0 Å². The van der Waals surface area contributed by atoms with Crippen LogP contribution in [0.25, 0.3) is 11.1 Å². The van der Waals surface area contributed by atoms with Gasteiger partial charge in [0.1, 0.15) is 11.3 Å². The van der Waals surface area contributed by atoms with Gasteiger partial charge in [-0.3, -0.25) is 9.59 Å². The number of oxazole rings is 1. The number of anilines is 2. The quantitative estimate of drug-likeness (QED) is 0.333. The number of carbonyl (C=O) groups is 2. The van der Waals surface area contributed by atoms with E-state index in [4.69, 9.17) is 9.15 Å². The maximum absolute atomic E-state index is 16.5. The van der Waals surface area contributed by atoms with Gasteiger partial charge in [0, 0.05) is 30.8 Å². The highest BCUT2D eigenvalue weighted by Gasteiger charge is 2.50. The van der Waals surface area contributed by atoms with Crippen LogP contribution in [0.15, 0.2) is 34.7 Å². The maximum atomic E-state index is 16.5. The van der Waals surface area contributed by atoms with Crippen LogP contribution < -0.4 is 5.32 Å². The molecule has 2 aromatic carbocycles. The second-order valence-corrected chi connectivity index (χ2v) is 10.2. The van der Waals surface area contributed by atoms with Crippen molar-refractivity contribution in [3.8, 4) is 0 Å². The fraction of sp³-hybridized carbons (Fsp3) is 0.464. The number of rotatable bonds is 9. The number of ketones is 1. The average molecular weight is 546 g/mol. The zero-order valence-corrected chi connectivity index (χ0v) is 21.5. The highest BCUT2D eigenvalue weighted by atomic mass is 19.2. The van der Waals surface area contributed by atoms with Gasteiger partial charge in [-0.05, 0) is 56.4 Å². The van der Waals surface area contributed by atoms with E-state index in [1.807, 2.05) is 0 Å². The molecule has 208 valence electrons. The van der Waals surface area contributed by atoms with Crippen LogP contribution in [0, 0.1) is 24.5 Å². The molecule has 0 radical (unpaired) electrons. The van der Waals surface area contributed by atoms with Crippen molar-refractivity contribution >= 4 is 34.6 Å². The van der Waals surface area contributed by atoms with Gasteiger partial charge in [-0.25, -0.2) is 13.7 Å². The number of carboxylic acid groups (broad SMARTS) is 1. The Morgan fingerprint density at radius 3 is 2.64 bits per heavy atom. The second-order valence-electron chi connectivity index (χ2n) is 10.2. The number of ether oxygens (including phenoxy) is 1. The Morgan fingerprint density at radius 2 is 1.90 bits per heavy atom. The summed E-state index contributed by atoms with van der Waals surface area (Å²) < 4.78 is 57.2. The average Bonchev–Trinajstić information content (AvgIpc) is 3.60. The van der Waals surface area contributed by atoms with Gasteiger partial charge in [-0.2, -0.15) is 9.37 Å². The largest absolute Gasteiger partial charge is 0.481 e. The number of nitrogens with one attached hydrogen (secondary N) is 1. The van der Waals surface area contributed by atoms with Gasteiger partial charge in [-0.1, -0.05) is 25.0 Å². The first kappa shape index (κ1) is 27.1. The minimum absolute atomic E-state index is 0.0710. The summed E-state index contributed by atoms with van der Waals surface area (Å²) >= 11 is 0. The molecule has 0 spiro atoms. The number of fused-ring (bicyclic) bond motifs is 1. The Bertz CT molecular complexity index is 1390. The van der Waals surface area contributed by atoms with Crippen molar-refractivity contribution in [1.29, 1.82) is 0 Å². The zero-order valence-electron chi connectivity index (χ0n) is 21.5. The number of nitrogens with zero attached hydrogens (tertiary/aromatic N) is 2. The molecule has 3 atom stereocenters. The molecule has 0 bridgehead atoms. The molecule has 1 aliphatic heterocycles. The molecule has 2 heterocycles. The lowest BCUT2D eigenvalue weighted by Crippen LogP contribution is -2.56. The Labute approximate surface area is 223 Å². The van der Waals surface area contributed by atoms with Gasteiger partial charge >= 0.3 is 11.9 Å². The molecule has 39 heavy (non-hydrogen) atoms. The molecule has 1 aromatic heterocycles. The molecule has 3 unspecified atom stereocenters. The van der Waals surface area contributed by atoms with Crippen LogP contribution in [0.5, 0.6) is 0 Å². The van der Waals surface area contributed by atoms with E-state index < -0.39 is 47.8 Å². The summed E-state index contributed by atoms with van der Waals surface area (Å²) in [5.41, 5.74) is 0.539. The number of halogens is 3. The first-order valence-corrected chi connectivity index (χ1v) is 13.2. The van der Waals surface area contributed by atoms with Crippen LogP contribution in [0.3, 0.4) is 0 Å². The number of carbonyl (C=O) groups excluding carboxylic acids is 1. The van der Waals surface area contributed by atoms with E-state index in [-0.39, 0.29) is 35.8 Å². The normalized spacial score (nSPS) is 21.6. The molecule has 2 fully saturated rings. The van der Waals surface area contributed by atoms with Crippen molar-refractivity contribution in [2.24, 2.45) is 5.92 Å². The summed E-state index contributed by atoms with van der Waals surface area (Å²) in [6.45, 7) is 2.11. The first-order chi connectivity index (χ1) is 18.7. The standard InChI is InChI=1S/C28H30F3N3O5/c1-16-19(29)8-6-9-20(16)32-27-33-21-12-11-17(24(30)25(21)38-27)15-23(35)28(31,34-13-4-5-14-34)39-22-10-3-2-7-18(22)26(36)37/h6,8-9,11-12,18,22H,2-5,7,10,13-15H2,1H3,(H,32,33)(H,36,37). The lowest BCUT2D eigenvalue weighted by Gasteiger charge is -2.39. The van der Waals surface area contributed by atoms with Crippen molar-refractivity contribution in [1.82, 2.24) is 9.88 Å². The van der Waals surface area contributed by atoms with E-state index >= 15 is 8.78 Å². The summed E-state index contributed by atoms with van der Waals surface area (Å²) in [7, 11) is 0. The molecule has 2 N–H and O–H groups in total. The molecule has 0 amide bonds. The smallest absolute Gasteiger partial charge is 0.330 e. The molecule has 2 aliphatic rings. The lowest BCUT2D eigenvalue weighted by molar-refractivity contribution is -0.258. The van der Waals surface area contributed by atoms with Gasteiger partial charge in [0.05, 0.1) is 12.0 Å². The van der Waals surface area contributed by atoms with Crippen molar-refractivity contribution in [3.63, 3.8) is 0 Å². The Kier molecular flexibility index (Phi) is 7.64.